The first-order valence-electron chi connectivity index (χ1n) is 7.32. The molecule has 1 atom stereocenters. The third-order valence-electron chi connectivity index (χ3n) is 3.94. The van der Waals surface area contributed by atoms with Gasteiger partial charge in [0, 0.05) is 29.6 Å². The van der Waals surface area contributed by atoms with Crippen LogP contribution in [0.2, 0.25) is 0 Å². The maximum absolute atomic E-state index is 12.0. The molecule has 0 aliphatic carbocycles. The fraction of sp³-hybridized carbons (Fsp3) is 0.188. The van der Waals surface area contributed by atoms with Crippen molar-refractivity contribution in [3.8, 4) is 5.69 Å². The lowest BCUT2D eigenvalue weighted by Crippen LogP contribution is -2.21. The summed E-state index contributed by atoms with van der Waals surface area (Å²) in [6.45, 7) is 0.442. The van der Waals surface area contributed by atoms with E-state index < -0.39 is 0 Å². The molecule has 0 saturated carbocycles. The zero-order chi connectivity index (χ0) is 15.8. The van der Waals surface area contributed by atoms with E-state index in [4.69, 9.17) is 5.73 Å². The Morgan fingerprint density at radius 3 is 3.09 bits per heavy atom. The van der Waals surface area contributed by atoms with E-state index in [1.807, 2.05) is 35.1 Å². The molecule has 0 fully saturated rings. The maximum atomic E-state index is 12.0. The van der Waals surface area contributed by atoms with Crippen LogP contribution < -0.4 is 11.1 Å². The van der Waals surface area contributed by atoms with Crippen LogP contribution in [0.5, 0.6) is 0 Å². The molecular formula is C16H15N5OS. The lowest BCUT2D eigenvalue weighted by atomic mass is 9.93. The van der Waals surface area contributed by atoms with Crippen molar-refractivity contribution in [2.45, 2.75) is 18.9 Å². The molecule has 1 aliphatic heterocycles. The smallest absolute Gasteiger partial charge is 0.221 e. The highest BCUT2D eigenvalue weighted by molar-refractivity contribution is 7.15. The highest BCUT2D eigenvalue weighted by Crippen LogP contribution is 2.37. The third kappa shape index (κ3) is 2.59. The van der Waals surface area contributed by atoms with Gasteiger partial charge in [0.05, 0.1) is 17.9 Å². The van der Waals surface area contributed by atoms with Crippen LogP contribution in [0.3, 0.4) is 0 Å². The van der Waals surface area contributed by atoms with Gasteiger partial charge in [-0.2, -0.15) is 5.10 Å². The minimum Gasteiger partial charge on any atom is -0.375 e. The number of carbonyl (C=O) groups is 1. The Kier molecular flexibility index (Phi) is 3.34. The van der Waals surface area contributed by atoms with Gasteiger partial charge in [-0.3, -0.25) is 4.79 Å². The van der Waals surface area contributed by atoms with Gasteiger partial charge in [0.2, 0.25) is 5.91 Å². The number of nitrogens with one attached hydrogen (secondary N) is 1. The Morgan fingerprint density at radius 2 is 2.26 bits per heavy atom. The standard InChI is InChI=1S/C16H15N5OS/c17-16-20-13-9-18-14(22)8-12(15(13)23-16)10-3-1-4-11(7-10)21-6-2-5-19-21/h1-7,12H,8-9H2,(H2,17,20)(H,18,22)/t12-/m0/s1. The van der Waals surface area contributed by atoms with Crippen LogP contribution in [-0.4, -0.2) is 20.7 Å². The van der Waals surface area contributed by atoms with Gasteiger partial charge in [0.1, 0.15) is 0 Å². The van der Waals surface area contributed by atoms with Crippen LogP contribution in [0.4, 0.5) is 5.13 Å². The van der Waals surface area contributed by atoms with Crippen molar-refractivity contribution in [2.75, 3.05) is 5.73 Å². The molecule has 2 aromatic heterocycles. The zero-order valence-corrected chi connectivity index (χ0v) is 13.1. The fourth-order valence-corrected chi connectivity index (χ4v) is 3.87. The molecule has 0 saturated heterocycles. The van der Waals surface area contributed by atoms with E-state index in [1.165, 1.54) is 11.3 Å². The van der Waals surface area contributed by atoms with Crippen LogP contribution in [0.15, 0.2) is 42.7 Å². The molecule has 7 heteroatoms. The summed E-state index contributed by atoms with van der Waals surface area (Å²) in [5.41, 5.74) is 8.78. The van der Waals surface area contributed by atoms with Crippen LogP contribution >= 0.6 is 11.3 Å². The number of hydrogen-bond donors (Lipinski definition) is 2. The molecule has 4 rings (SSSR count). The van der Waals surface area contributed by atoms with Crippen molar-refractivity contribution in [3.63, 3.8) is 0 Å². The Hall–Kier alpha value is -2.67. The van der Waals surface area contributed by atoms with Gasteiger partial charge in [-0.05, 0) is 23.8 Å². The topological polar surface area (TPSA) is 85.8 Å². The van der Waals surface area contributed by atoms with Crippen LogP contribution in [0, 0.1) is 0 Å². The number of nitrogens with zero attached hydrogens (tertiary/aromatic N) is 3. The Labute approximate surface area is 137 Å². The second kappa shape index (κ2) is 5.51. The summed E-state index contributed by atoms with van der Waals surface area (Å²) in [6, 6.07) is 9.97. The number of anilines is 1. The predicted molar refractivity (Wildman–Crippen MR) is 88.4 cm³/mol. The van der Waals surface area contributed by atoms with E-state index in [0.717, 1.165) is 21.8 Å². The van der Waals surface area contributed by atoms with Crippen molar-refractivity contribution in [2.24, 2.45) is 0 Å². The summed E-state index contributed by atoms with van der Waals surface area (Å²) >= 11 is 1.46. The van der Waals surface area contributed by atoms with Gasteiger partial charge in [0.15, 0.2) is 5.13 Å². The van der Waals surface area contributed by atoms with Crippen LogP contribution in [-0.2, 0) is 11.3 Å². The first kappa shape index (κ1) is 14.0. The monoisotopic (exact) mass is 325 g/mol. The molecule has 0 bridgehead atoms. The van der Waals surface area contributed by atoms with Gasteiger partial charge in [-0.15, -0.1) is 11.3 Å². The Bertz CT molecular complexity index is 855. The predicted octanol–water partition coefficient (Wildman–Crippen LogP) is 2.06. The fourth-order valence-electron chi connectivity index (χ4n) is 2.89. The van der Waals surface area contributed by atoms with Crippen LogP contribution in [0.1, 0.15) is 28.5 Å². The highest BCUT2D eigenvalue weighted by atomic mass is 32.1. The lowest BCUT2D eigenvalue weighted by Gasteiger charge is -2.15. The van der Waals surface area contributed by atoms with Crippen molar-refractivity contribution >= 4 is 22.4 Å². The first-order chi connectivity index (χ1) is 11.2. The van der Waals surface area contributed by atoms with Gasteiger partial charge < -0.3 is 11.1 Å². The Morgan fingerprint density at radius 1 is 1.35 bits per heavy atom. The van der Waals surface area contributed by atoms with Gasteiger partial charge in [0.25, 0.3) is 0 Å². The van der Waals surface area contributed by atoms with Gasteiger partial charge in [-0.25, -0.2) is 9.67 Å². The number of nitrogens with two attached hydrogens (primary N) is 1. The molecule has 1 aromatic carbocycles. The van der Waals surface area contributed by atoms with E-state index in [9.17, 15) is 4.79 Å². The highest BCUT2D eigenvalue weighted by Gasteiger charge is 2.27. The van der Waals surface area contributed by atoms with E-state index in [0.29, 0.717) is 18.1 Å². The second-order valence-electron chi connectivity index (χ2n) is 5.44. The summed E-state index contributed by atoms with van der Waals surface area (Å²) in [7, 11) is 0. The number of amides is 1. The number of nitrogen functional groups attached to an aromatic ring is 1. The van der Waals surface area contributed by atoms with Crippen molar-refractivity contribution in [1.29, 1.82) is 0 Å². The molecule has 0 spiro atoms. The average Bonchev–Trinajstić information content (AvgIpc) is 3.18. The quantitative estimate of drug-likeness (QED) is 0.755. The number of hydrogen-bond acceptors (Lipinski definition) is 5. The van der Waals surface area contributed by atoms with Crippen molar-refractivity contribution < 1.29 is 4.79 Å². The zero-order valence-electron chi connectivity index (χ0n) is 12.3. The van der Waals surface area contributed by atoms with Crippen molar-refractivity contribution in [3.05, 3.63) is 58.9 Å². The van der Waals surface area contributed by atoms with E-state index in [1.54, 1.807) is 6.20 Å². The number of aromatic nitrogens is 3. The molecular weight excluding hydrogens is 310 g/mol. The molecule has 3 N–H and O–H groups in total. The number of benzene rings is 1. The maximum Gasteiger partial charge on any atom is 0.221 e. The molecule has 3 heterocycles. The lowest BCUT2D eigenvalue weighted by molar-refractivity contribution is -0.121. The molecule has 3 aromatic rings. The summed E-state index contributed by atoms with van der Waals surface area (Å²) < 4.78 is 1.81. The number of rotatable bonds is 2. The van der Waals surface area contributed by atoms with Gasteiger partial charge >= 0.3 is 0 Å². The summed E-state index contributed by atoms with van der Waals surface area (Å²) in [4.78, 5) is 17.5. The third-order valence-corrected chi connectivity index (χ3v) is 4.99. The second-order valence-corrected chi connectivity index (χ2v) is 6.50. The number of fused-ring (bicyclic) bond motifs is 1. The normalized spacial score (nSPS) is 17.4. The molecule has 0 unspecified atom stereocenters. The molecule has 1 aliphatic rings. The molecule has 116 valence electrons. The minimum atomic E-state index is -0.0298. The van der Waals surface area contributed by atoms with Crippen molar-refractivity contribution in [1.82, 2.24) is 20.1 Å². The minimum absolute atomic E-state index is 0.0298. The largest absolute Gasteiger partial charge is 0.375 e. The van der Waals surface area contributed by atoms with Gasteiger partial charge in [-0.1, -0.05) is 12.1 Å². The first-order valence-corrected chi connectivity index (χ1v) is 8.14. The molecule has 1 amide bonds. The van der Waals surface area contributed by atoms with E-state index in [2.05, 4.69) is 21.5 Å². The average molecular weight is 325 g/mol. The Balaban J connectivity index is 1.79. The summed E-state index contributed by atoms with van der Waals surface area (Å²) in [6.07, 6.45) is 4.04. The molecule has 6 nitrogen and oxygen atoms in total. The summed E-state index contributed by atoms with van der Waals surface area (Å²) in [5.74, 6) is 0.000996. The van der Waals surface area contributed by atoms with Crippen LogP contribution in [0.25, 0.3) is 5.69 Å². The number of thiazole rings is 1. The number of carbonyl (C=O) groups excluding carboxylic acids is 1. The SMILES string of the molecule is Nc1nc2c(s1)[C@H](c1cccc(-n3cccn3)c1)CC(=O)NC2. The summed E-state index contributed by atoms with van der Waals surface area (Å²) in [5, 5.41) is 7.69. The molecule has 23 heavy (non-hydrogen) atoms. The van der Waals surface area contributed by atoms with E-state index in [-0.39, 0.29) is 11.8 Å². The van der Waals surface area contributed by atoms with E-state index >= 15 is 0 Å². The molecule has 0 radical (unpaired) electrons.